The zero-order chi connectivity index (χ0) is 26.9. The summed E-state index contributed by atoms with van der Waals surface area (Å²) in [7, 11) is 1.59. The molecule has 1 aliphatic heterocycles. The van der Waals surface area contributed by atoms with Crippen molar-refractivity contribution < 1.29 is 19.1 Å². The van der Waals surface area contributed by atoms with Gasteiger partial charge >= 0.3 is 0 Å². The predicted octanol–water partition coefficient (Wildman–Crippen LogP) is 5.45. The lowest BCUT2D eigenvalue weighted by molar-refractivity contribution is -0.124. The van der Waals surface area contributed by atoms with Crippen molar-refractivity contribution in [3.05, 3.63) is 84.4 Å². The van der Waals surface area contributed by atoms with Gasteiger partial charge in [-0.05, 0) is 85.6 Å². The summed E-state index contributed by atoms with van der Waals surface area (Å²) < 4.78 is 10.9. The Bertz CT molecular complexity index is 1230. The third-order valence-corrected chi connectivity index (χ3v) is 6.76. The molecule has 3 aromatic rings. The van der Waals surface area contributed by atoms with Crippen molar-refractivity contribution in [2.45, 2.75) is 38.6 Å². The number of methoxy groups -OCH3 is 1. The zero-order valence-corrected chi connectivity index (χ0v) is 22.6. The van der Waals surface area contributed by atoms with E-state index >= 15 is 0 Å². The molecule has 0 aromatic heterocycles. The number of benzene rings is 3. The van der Waals surface area contributed by atoms with Crippen LogP contribution in [-0.2, 0) is 16.0 Å². The number of hydrogen-bond donors (Lipinski definition) is 1. The first-order valence-corrected chi connectivity index (χ1v) is 13.3. The van der Waals surface area contributed by atoms with Crippen LogP contribution in [0.5, 0.6) is 11.5 Å². The molecule has 0 spiro atoms. The van der Waals surface area contributed by atoms with Crippen LogP contribution >= 0.6 is 12.2 Å². The Morgan fingerprint density at radius 1 is 0.974 bits per heavy atom. The van der Waals surface area contributed by atoms with Crippen molar-refractivity contribution in [1.82, 2.24) is 4.90 Å². The number of thiocarbonyl (C=S) groups is 1. The Hall–Kier alpha value is -3.91. The fourth-order valence-electron chi connectivity index (χ4n) is 4.40. The van der Waals surface area contributed by atoms with Crippen molar-refractivity contribution >= 4 is 40.5 Å². The lowest BCUT2D eigenvalue weighted by Crippen LogP contribution is -2.38. The average molecular weight is 532 g/mol. The highest BCUT2D eigenvalue weighted by molar-refractivity contribution is 7.80. The maximum absolute atomic E-state index is 13.6. The van der Waals surface area contributed by atoms with Gasteiger partial charge in [0.25, 0.3) is 5.91 Å². The minimum absolute atomic E-state index is 0.00888. The van der Waals surface area contributed by atoms with E-state index in [9.17, 15) is 9.59 Å². The monoisotopic (exact) mass is 531 g/mol. The fraction of sp³-hybridized carbons (Fsp3) is 0.300. The smallest absolute Gasteiger partial charge is 0.256 e. The molecule has 1 aliphatic rings. The number of rotatable bonds is 12. The number of carbonyl (C=O) groups is 2. The van der Waals surface area contributed by atoms with Crippen molar-refractivity contribution in [3.63, 3.8) is 0 Å². The van der Waals surface area contributed by atoms with Crippen LogP contribution in [0.4, 0.5) is 11.4 Å². The second kappa shape index (κ2) is 13.1. The lowest BCUT2D eigenvalue weighted by atomic mass is 10.1. The van der Waals surface area contributed by atoms with Crippen LogP contribution in [0.2, 0.25) is 0 Å². The van der Waals surface area contributed by atoms with E-state index in [1.54, 1.807) is 43.5 Å². The summed E-state index contributed by atoms with van der Waals surface area (Å²) in [4.78, 5) is 30.1. The molecule has 8 heteroatoms. The van der Waals surface area contributed by atoms with Gasteiger partial charge in [0.15, 0.2) is 5.11 Å². The maximum Gasteiger partial charge on any atom is 0.256 e. The van der Waals surface area contributed by atoms with E-state index in [0.29, 0.717) is 35.4 Å². The molecule has 4 rings (SSSR count). The Kier molecular flexibility index (Phi) is 9.32. The lowest BCUT2D eigenvalue weighted by Gasteiger charge is -2.24. The molecule has 1 fully saturated rings. The van der Waals surface area contributed by atoms with Crippen molar-refractivity contribution in [2.24, 2.45) is 0 Å². The minimum Gasteiger partial charge on any atom is -0.497 e. The second-order valence-corrected chi connectivity index (χ2v) is 9.44. The van der Waals surface area contributed by atoms with Crippen LogP contribution in [0.25, 0.3) is 0 Å². The van der Waals surface area contributed by atoms with Crippen molar-refractivity contribution in [2.75, 3.05) is 30.5 Å². The molecule has 1 unspecified atom stereocenters. The minimum atomic E-state index is -0.687. The topological polar surface area (TPSA) is 71.1 Å². The number of ether oxygens (including phenoxy) is 2. The summed E-state index contributed by atoms with van der Waals surface area (Å²) in [5, 5.41) is 3.31. The molecule has 38 heavy (non-hydrogen) atoms. The first-order valence-electron chi connectivity index (χ1n) is 12.9. The molecular formula is C30H33N3O4S. The van der Waals surface area contributed by atoms with E-state index in [1.807, 2.05) is 42.2 Å². The highest BCUT2D eigenvalue weighted by atomic mass is 32.1. The number of nitrogens with one attached hydrogen (secondary N) is 1. The van der Waals surface area contributed by atoms with Gasteiger partial charge < -0.3 is 19.7 Å². The fourth-order valence-corrected chi connectivity index (χ4v) is 4.81. The summed E-state index contributed by atoms with van der Waals surface area (Å²) in [6.45, 7) is 3.25. The SMILES string of the molecule is CCCOc1ccc(NC(=O)CC2C(=O)N(c3ccc(OC)cc3)C(=S)N2CCCc2ccccc2)cc1. The summed E-state index contributed by atoms with van der Waals surface area (Å²) in [6.07, 6.45) is 2.56. The normalized spacial score (nSPS) is 15.1. The third-order valence-electron chi connectivity index (χ3n) is 6.35. The van der Waals surface area contributed by atoms with E-state index in [1.165, 1.54) is 10.5 Å². The van der Waals surface area contributed by atoms with Crippen LogP contribution in [0.3, 0.4) is 0 Å². The standard InChI is InChI=1S/C30H33N3O4S/c1-3-20-37-26-15-11-23(12-16-26)31-28(34)21-27-29(35)33(24-13-17-25(36-2)18-14-24)30(38)32(27)19-7-10-22-8-5-4-6-9-22/h4-6,8-9,11-18,27H,3,7,10,19-21H2,1-2H3,(H,31,34). The molecule has 0 saturated carbocycles. The first kappa shape index (κ1) is 27.1. The van der Waals surface area contributed by atoms with E-state index in [-0.39, 0.29) is 18.2 Å². The van der Waals surface area contributed by atoms with Gasteiger partial charge in [0.1, 0.15) is 17.5 Å². The number of nitrogens with zero attached hydrogens (tertiary/aromatic N) is 2. The van der Waals surface area contributed by atoms with Gasteiger partial charge in [-0.3, -0.25) is 14.5 Å². The number of hydrogen-bond acceptors (Lipinski definition) is 5. The molecular weight excluding hydrogens is 498 g/mol. The Labute approximate surface area is 229 Å². The molecule has 1 saturated heterocycles. The summed E-state index contributed by atoms with van der Waals surface area (Å²) >= 11 is 5.78. The van der Waals surface area contributed by atoms with Crippen molar-refractivity contribution in [1.29, 1.82) is 0 Å². The first-order chi connectivity index (χ1) is 18.5. The van der Waals surface area contributed by atoms with E-state index in [4.69, 9.17) is 21.7 Å². The van der Waals surface area contributed by atoms with Gasteiger partial charge in [-0.15, -0.1) is 0 Å². The van der Waals surface area contributed by atoms with Gasteiger partial charge in [0.05, 0.1) is 25.8 Å². The molecule has 1 atom stereocenters. The predicted molar refractivity (Wildman–Crippen MR) is 154 cm³/mol. The van der Waals surface area contributed by atoms with Gasteiger partial charge in [0, 0.05) is 12.2 Å². The largest absolute Gasteiger partial charge is 0.497 e. The molecule has 1 heterocycles. The molecule has 0 bridgehead atoms. The van der Waals surface area contributed by atoms with Gasteiger partial charge in [0.2, 0.25) is 5.91 Å². The van der Waals surface area contributed by atoms with Crippen LogP contribution < -0.4 is 19.7 Å². The molecule has 198 valence electrons. The Morgan fingerprint density at radius 2 is 1.66 bits per heavy atom. The summed E-state index contributed by atoms with van der Waals surface area (Å²) in [6, 6.07) is 23.9. The highest BCUT2D eigenvalue weighted by Crippen LogP contribution is 2.29. The number of anilines is 2. The maximum atomic E-state index is 13.6. The molecule has 7 nitrogen and oxygen atoms in total. The highest BCUT2D eigenvalue weighted by Gasteiger charge is 2.43. The molecule has 0 radical (unpaired) electrons. The third kappa shape index (κ3) is 6.69. The van der Waals surface area contributed by atoms with Crippen LogP contribution in [0.15, 0.2) is 78.9 Å². The summed E-state index contributed by atoms with van der Waals surface area (Å²) in [5.74, 6) is 0.977. The van der Waals surface area contributed by atoms with E-state index in [0.717, 1.165) is 25.0 Å². The molecule has 1 N–H and O–H groups in total. The summed E-state index contributed by atoms with van der Waals surface area (Å²) in [5.41, 5.74) is 2.52. The number of aryl methyl sites for hydroxylation is 1. The van der Waals surface area contributed by atoms with E-state index in [2.05, 4.69) is 17.4 Å². The van der Waals surface area contributed by atoms with E-state index < -0.39 is 6.04 Å². The van der Waals surface area contributed by atoms with Gasteiger partial charge in [-0.2, -0.15) is 0 Å². The molecule has 2 amide bonds. The number of carbonyl (C=O) groups excluding carboxylic acids is 2. The quantitative estimate of drug-likeness (QED) is 0.314. The zero-order valence-electron chi connectivity index (χ0n) is 21.8. The Balaban J connectivity index is 1.47. The molecule has 3 aromatic carbocycles. The van der Waals surface area contributed by atoms with Crippen LogP contribution in [0.1, 0.15) is 31.7 Å². The van der Waals surface area contributed by atoms with Crippen LogP contribution in [0, 0.1) is 0 Å². The molecule has 0 aliphatic carbocycles. The Morgan fingerprint density at radius 3 is 2.32 bits per heavy atom. The average Bonchev–Trinajstić information content (AvgIpc) is 3.17. The second-order valence-electron chi connectivity index (χ2n) is 9.08. The number of amides is 2. The van der Waals surface area contributed by atoms with Crippen LogP contribution in [-0.4, -0.2) is 48.1 Å². The van der Waals surface area contributed by atoms with Gasteiger partial charge in [-0.25, -0.2) is 0 Å². The van der Waals surface area contributed by atoms with Crippen molar-refractivity contribution in [3.8, 4) is 11.5 Å². The van der Waals surface area contributed by atoms with Gasteiger partial charge in [-0.1, -0.05) is 37.3 Å².